The van der Waals surface area contributed by atoms with Crippen molar-refractivity contribution >= 4 is 17.5 Å². The lowest BCUT2D eigenvalue weighted by Gasteiger charge is -2.35. The molecule has 1 saturated heterocycles. The molecule has 0 amide bonds. The Balaban J connectivity index is 2.10. The zero-order valence-electron chi connectivity index (χ0n) is 9.56. The number of halogens is 1. The van der Waals surface area contributed by atoms with Crippen LogP contribution in [0.4, 0.5) is 5.95 Å². The van der Waals surface area contributed by atoms with E-state index < -0.39 is 0 Å². The van der Waals surface area contributed by atoms with Gasteiger partial charge in [-0.3, -0.25) is 0 Å². The van der Waals surface area contributed by atoms with Crippen molar-refractivity contribution in [3.05, 3.63) is 18.0 Å². The number of hydrogen-bond donors (Lipinski definition) is 0. The van der Waals surface area contributed by atoms with Gasteiger partial charge >= 0.3 is 0 Å². The Morgan fingerprint density at radius 1 is 1.31 bits per heavy atom. The van der Waals surface area contributed by atoms with Crippen molar-refractivity contribution in [1.82, 2.24) is 9.97 Å². The lowest BCUT2D eigenvalue weighted by molar-refractivity contribution is -0.00572. The molecule has 0 N–H and O–H groups in total. The lowest BCUT2D eigenvalue weighted by atomic mass is 10.2. The van der Waals surface area contributed by atoms with Gasteiger partial charge in [0.1, 0.15) is 0 Å². The molecule has 88 valence electrons. The predicted octanol–water partition coefficient (Wildman–Crippen LogP) is 1.83. The number of aromatic nitrogens is 2. The van der Waals surface area contributed by atoms with Crippen molar-refractivity contribution in [3.8, 4) is 0 Å². The molecule has 1 aliphatic heterocycles. The third kappa shape index (κ3) is 2.62. The minimum atomic E-state index is 0.222. The van der Waals surface area contributed by atoms with E-state index in [1.54, 1.807) is 12.4 Å². The molecule has 5 heteroatoms. The summed E-state index contributed by atoms with van der Waals surface area (Å²) in [5, 5.41) is 0. The van der Waals surface area contributed by atoms with E-state index >= 15 is 0 Å². The molecule has 2 heterocycles. The monoisotopic (exact) mass is 241 g/mol. The summed E-state index contributed by atoms with van der Waals surface area (Å²) in [7, 11) is 0. The van der Waals surface area contributed by atoms with Gasteiger partial charge in [-0.25, -0.2) is 9.97 Å². The Bertz CT molecular complexity index is 334. The van der Waals surface area contributed by atoms with Gasteiger partial charge in [0.15, 0.2) is 0 Å². The summed E-state index contributed by atoms with van der Waals surface area (Å²) in [5.41, 5.74) is 0.944. The van der Waals surface area contributed by atoms with Crippen molar-refractivity contribution in [2.75, 3.05) is 18.0 Å². The average Bonchev–Trinajstić information content (AvgIpc) is 2.28. The largest absolute Gasteiger partial charge is 0.372 e. The van der Waals surface area contributed by atoms with Crippen molar-refractivity contribution in [3.63, 3.8) is 0 Å². The number of hydrogen-bond acceptors (Lipinski definition) is 4. The van der Waals surface area contributed by atoms with Crippen LogP contribution in [0.5, 0.6) is 0 Å². The van der Waals surface area contributed by atoms with Crippen LogP contribution in [-0.4, -0.2) is 35.3 Å². The fourth-order valence-corrected chi connectivity index (χ4v) is 2.06. The molecule has 16 heavy (non-hydrogen) atoms. The SMILES string of the molecule is C[C@@H]1CN(c2ncc(CCl)cn2)C[C@H](C)O1. The Labute approximate surface area is 101 Å². The summed E-state index contributed by atoms with van der Waals surface area (Å²) in [6, 6.07) is 0. The second-order valence-electron chi connectivity index (χ2n) is 4.19. The first-order valence-corrected chi connectivity index (χ1v) is 5.99. The maximum atomic E-state index is 5.70. The van der Waals surface area contributed by atoms with Gasteiger partial charge in [-0.15, -0.1) is 11.6 Å². The summed E-state index contributed by atoms with van der Waals surface area (Å²) < 4.78 is 5.66. The molecule has 4 nitrogen and oxygen atoms in total. The van der Waals surface area contributed by atoms with Gasteiger partial charge in [-0.05, 0) is 13.8 Å². The molecular formula is C11H16ClN3O. The first kappa shape index (κ1) is 11.6. The average molecular weight is 242 g/mol. The molecule has 2 atom stereocenters. The predicted molar refractivity (Wildman–Crippen MR) is 63.8 cm³/mol. The number of ether oxygens (including phenoxy) is 1. The molecule has 2 rings (SSSR count). The Morgan fingerprint density at radius 3 is 2.38 bits per heavy atom. The van der Waals surface area contributed by atoms with Gasteiger partial charge in [0.25, 0.3) is 0 Å². The standard InChI is InChI=1S/C11H16ClN3O/c1-8-6-15(7-9(2)16-8)11-13-4-10(3-12)5-14-11/h4-5,8-9H,3,6-7H2,1-2H3/t8-,9+. The summed E-state index contributed by atoms with van der Waals surface area (Å²) in [5.74, 6) is 1.21. The van der Waals surface area contributed by atoms with E-state index in [1.165, 1.54) is 0 Å². The Kier molecular flexibility index (Phi) is 3.61. The highest BCUT2D eigenvalue weighted by Crippen LogP contribution is 2.16. The highest BCUT2D eigenvalue weighted by molar-refractivity contribution is 6.17. The van der Waals surface area contributed by atoms with Crippen LogP contribution in [0.1, 0.15) is 19.4 Å². The van der Waals surface area contributed by atoms with E-state index in [2.05, 4.69) is 28.7 Å². The van der Waals surface area contributed by atoms with Gasteiger partial charge in [0.05, 0.1) is 18.1 Å². The molecular weight excluding hydrogens is 226 g/mol. The molecule has 0 radical (unpaired) electrons. The molecule has 1 fully saturated rings. The van der Waals surface area contributed by atoms with Crippen LogP contribution in [0.3, 0.4) is 0 Å². The minimum absolute atomic E-state index is 0.222. The first-order chi connectivity index (χ1) is 7.69. The summed E-state index contributed by atoms with van der Waals surface area (Å²) in [6.45, 7) is 5.81. The smallest absolute Gasteiger partial charge is 0.225 e. The van der Waals surface area contributed by atoms with Crippen molar-refractivity contribution in [1.29, 1.82) is 0 Å². The quantitative estimate of drug-likeness (QED) is 0.741. The van der Waals surface area contributed by atoms with Crippen LogP contribution < -0.4 is 4.90 Å². The number of alkyl halides is 1. The van der Waals surface area contributed by atoms with Crippen molar-refractivity contribution < 1.29 is 4.74 Å². The third-order valence-electron chi connectivity index (χ3n) is 2.55. The molecule has 0 spiro atoms. The van der Waals surface area contributed by atoms with E-state index in [9.17, 15) is 0 Å². The van der Waals surface area contributed by atoms with Gasteiger partial charge in [-0.2, -0.15) is 0 Å². The van der Waals surface area contributed by atoms with E-state index in [0.717, 1.165) is 24.6 Å². The second kappa shape index (κ2) is 4.97. The number of nitrogens with zero attached hydrogens (tertiary/aromatic N) is 3. The molecule has 0 saturated carbocycles. The topological polar surface area (TPSA) is 38.2 Å². The van der Waals surface area contributed by atoms with Gasteiger partial charge in [0, 0.05) is 31.0 Å². The highest BCUT2D eigenvalue weighted by Gasteiger charge is 2.23. The molecule has 0 bridgehead atoms. The van der Waals surface area contributed by atoms with Crippen LogP contribution in [0.2, 0.25) is 0 Å². The summed E-state index contributed by atoms with van der Waals surface area (Å²) >= 11 is 5.70. The van der Waals surface area contributed by atoms with Crippen LogP contribution >= 0.6 is 11.6 Å². The highest BCUT2D eigenvalue weighted by atomic mass is 35.5. The maximum Gasteiger partial charge on any atom is 0.225 e. The van der Waals surface area contributed by atoms with E-state index in [1.807, 2.05) is 0 Å². The van der Waals surface area contributed by atoms with Crippen LogP contribution in [-0.2, 0) is 10.6 Å². The molecule has 1 aromatic rings. The normalized spacial score (nSPS) is 25.8. The van der Waals surface area contributed by atoms with E-state index in [0.29, 0.717) is 5.88 Å². The van der Waals surface area contributed by atoms with Crippen molar-refractivity contribution in [2.45, 2.75) is 31.9 Å². The number of rotatable bonds is 2. The van der Waals surface area contributed by atoms with Gasteiger partial charge in [0.2, 0.25) is 5.95 Å². The zero-order chi connectivity index (χ0) is 11.5. The minimum Gasteiger partial charge on any atom is -0.372 e. The van der Waals surface area contributed by atoms with Crippen LogP contribution in [0, 0.1) is 0 Å². The lowest BCUT2D eigenvalue weighted by Crippen LogP contribution is -2.46. The summed E-state index contributed by atoms with van der Waals surface area (Å²) in [4.78, 5) is 10.8. The Hall–Kier alpha value is -0.870. The number of morpholine rings is 1. The molecule has 1 aliphatic rings. The van der Waals surface area contributed by atoms with Crippen LogP contribution in [0.15, 0.2) is 12.4 Å². The molecule has 1 aromatic heterocycles. The molecule has 0 unspecified atom stereocenters. The molecule has 0 aromatic carbocycles. The van der Waals surface area contributed by atoms with Gasteiger partial charge in [-0.1, -0.05) is 0 Å². The van der Waals surface area contributed by atoms with Gasteiger partial charge < -0.3 is 9.64 Å². The van der Waals surface area contributed by atoms with Crippen LogP contribution in [0.25, 0.3) is 0 Å². The van der Waals surface area contributed by atoms with Crippen molar-refractivity contribution in [2.24, 2.45) is 0 Å². The fraction of sp³-hybridized carbons (Fsp3) is 0.636. The zero-order valence-corrected chi connectivity index (χ0v) is 10.3. The second-order valence-corrected chi connectivity index (χ2v) is 4.45. The fourth-order valence-electron chi connectivity index (χ4n) is 1.92. The third-order valence-corrected chi connectivity index (χ3v) is 2.86. The number of anilines is 1. The summed E-state index contributed by atoms with van der Waals surface area (Å²) in [6.07, 6.45) is 4.00. The molecule has 0 aliphatic carbocycles. The van der Waals surface area contributed by atoms with E-state index in [4.69, 9.17) is 16.3 Å². The maximum absolute atomic E-state index is 5.70. The Morgan fingerprint density at radius 2 is 1.88 bits per heavy atom. The van der Waals surface area contributed by atoms with E-state index in [-0.39, 0.29) is 12.2 Å². The first-order valence-electron chi connectivity index (χ1n) is 5.46.